The normalized spacial score (nSPS) is 10.6. The van der Waals surface area contributed by atoms with Crippen molar-refractivity contribution in [3.8, 4) is 5.75 Å². The van der Waals surface area contributed by atoms with Gasteiger partial charge in [-0.15, -0.1) is 11.3 Å². The summed E-state index contributed by atoms with van der Waals surface area (Å²) in [6.07, 6.45) is 1.06. The molecule has 0 saturated heterocycles. The first-order valence-electron chi connectivity index (χ1n) is 8.83. The Morgan fingerprint density at radius 3 is 2.86 bits per heavy atom. The van der Waals surface area contributed by atoms with Gasteiger partial charge in [-0.1, -0.05) is 47.6 Å². The van der Waals surface area contributed by atoms with E-state index in [2.05, 4.69) is 10.3 Å². The van der Waals surface area contributed by atoms with Crippen LogP contribution in [0.4, 0.5) is 0 Å². The number of carbonyl (C=O) groups excluding carboxylic acids is 1. The lowest BCUT2D eigenvalue weighted by Crippen LogP contribution is -2.27. The number of nitrogens with zero attached hydrogens (tertiary/aromatic N) is 1. The minimum Gasteiger partial charge on any atom is -0.497 e. The van der Waals surface area contributed by atoms with E-state index in [9.17, 15) is 4.79 Å². The lowest BCUT2D eigenvalue weighted by atomic mass is 10.1. The van der Waals surface area contributed by atoms with Gasteiger partial charge in [0.05, 0.1) is 19.2 Å². The fourth-order valence-corrected chi connectivity index (χ4v) is 4.61. The van der Waals surface area contributed by atoms with Crippen LogP contribution in [0.25, 0.3) is 0 Å². The second kappa shape index (κ2) is 10.5. The van der Waals surface area contributed by atoms with Gasteiger partial charge in [0.25, 0.3) is 0 Å². The molecule has 3 rings (SSSR count). The molecule has 28 heavy (non-hydrogen) atoms. The minimum atomic E-state index is -0.0143. The summed E-state index contributed by atoms with van der Waals surface area (Å²) >= 11 is 9.23. The Morgan fingerprint density at radius 2 is 2.04 bits per heavy atom. The van der Waals surface area contributed by atoms with Gasteiger partial charge in [0.2, 0.25) is 5.91 Å². The van der Waals surface area contributed by atoms with Gasteiger partial charge in [-0.3, -0.25) is 4.79 Å². The highest BCUT2D eigenvalue weighted by molar-refractivity contribution is 8.00. The maximum Gasteiger partial charge on any atom is 0.226 e. The van der Waals surface area contributed by atoms with Crippen molar-refractivity contribution >= 4 is 40.6 Å². The molecule has 1 aromatic heterocycles. The van der Waals surface area contributed by atoms with Crippen LogP contribution in [0.3, 0.4) is 0 Å². The van der Waals surface area contributed by atoms with Crippen LogP contribution in [-0.4, -0.2) is 24.5 Å². The van der Waals surface area contributed by atoms with Crippen LogP contribution in [0.2, 0.25) is 5.02 Å². The van der Waals surface area contributed by atoms with Gasteiger partial charge < -0.3 is 10.1 Å². The Morgan fingerprint density at radius 1 is 1.21 bits per heavy atom. The van der Waals surface area contributed by atoms with Gasteiger partial charge in [0, 0.05) is 22.7 Å². The van der Waals surface area contributed by atoms with Crippen molar-refractivity contribution in [1.29, 1.82) is 0 Å². The molecule has 0 aliphatic heterocycles. The molecule has 0 unspecified atom stereocenters. The van der Waals surface area contributed by atoms with Crippen molar-refractivity contribution in [3.63, 3.8) is 0 Å². The van der Waals surface area contributed by atoms with E-state index in [1.54, 1.807) is 30.2 Å². The van der Waals surface area contributed by atoms with E-state index in [4.69, 9.17) is 16.3 Å². The van der Waals surface area contributed by atoms with Gasteiger partial charge >= 0.3 is 0 Å². The Labute approximate surface area is 178 Å². The second-order valence-corrected chi connectivity index (χ2v) is 8.67. The molecule has 1 heterocycles. The fraction of sp³-hybridized carbons (Fsp3) is 0.238. The predicted molar refractivity (Wildman–Crippen MR) is 117 cm³/mol. The molecule has 0 spiro atoms. The third-order valence-corrected chi connectivity index (χ3v) is 6.37. The van der Waals surface area contributed by atoms with Crippen LogP contribution in [-0.2, 0) is 23.4 Å². The van der Waals surface area contributed by atoms with Crippen molar-refractivity contribution in [2.24, 2.45) is 0 Å². The molecule has 0 aliphatic rings. The highest BCUT2D eigenvalue weighted by atomic mass is 35.5. The first-order chi connectivity index (χ1) is 13.6. The summed E-state index contributed by atoms with van der Waals surface area (Å²) in [7, 11) is 1.65. The molecular formula is C21H21ClN2O2S2. The van der Waals surface area contributed by atoms with Crippen LogP contribution in [0.5, 0.6) is 5.75 Å². The lowest BCUT2D eigenvalue weighted by molar-refractivity contribution is -0.120. The molecule has 2 aromatic carbocycles. The van der Waals surface area contributed by atoms with E-state index in [0.717, 1.165) is 44.1 Å². The number of thiazole rings is 1. The summed E-state index contributed by atoms with van der Waals surface area (Å²) in [6, 6.07) is 15.7. The Bertz CT molecular complexity index is 930. The molecule has 4 nitrogen and oxygen atoms in total. The maximum atomic E-state index is 12.2. The highest BCUT2D eigenvalue weighted by Gasteiger charge is 2.08. The molecule has 0 saturated carbocycles. The molecule has 7 heteroatoms. The highest BCUT2D eigenvalue weighted by Crippen LogP contribution is 2.27. The molecular weight excluding hydrogens is 412 g/mol. The largest absolute Gasteiger partial charge is 0.497 e. The average molecular weight is 433 g/mol. The SMILES string of the molecule is COc1cccc(CCNC(=O)Cc2csc(SCc3cccc(Cl)c3)n2)c1. The van der Waals surface area contributed by atoms with E-state index >= 15 is 0 Å². The number of hydrogen-bond donors (Lipinski definition) is 1. The topological polar surface area (TPSA) is 51.2 Å². The molecule has 0 radical (unpaired) electrons. The molecule has 0 aliphatic carbocycles. The number of rotatable bonds is 9. The summed E-state index contributed by atoms with van der Waals surface area (Å²) in [5, 5.41) is 5.64. The van der Waals surface area contributed by atoms with Gasteiger partial charge in [-0.25, -0.2) is 4.98 Å². The zero-order valence-corrected chi connectivity index (χ0v) is 17.9. The number of amides is 1. The number of benzene rings is 2. The van der Waals surface area contributed by atoms with Crippen molar-refractivity contribution in [1.82, 2.24) is 10.3 Å². The third kappa shape index (κ3) is 6.55. The molecule has 1 amide bonds. The van der Waals surface area contributed by atoms with E-state index in [-0.39, 0.29) is 5.91 Å². The predicted octanol–water partition coefficient (Wildman–Crippen LogP) is 5.00. The molecule has 0 atom stereocenters. The minimum absolute atomic E-state index is 0.0143. The summed E-state index contributed by atoms with van der Waals surface area (Å²) in [6.45, 7) is 0.590. The quantitative estimate of drug-likeness (QED) is 0.483. The van der Waals surface area contributed by atoms with Gasteiger partial charge in [0.1, 0.15) is 10.1 Å². The van der Waals surface area contributed by atoms with E-state index in [1.807, 2.05) is 53.9 Å². The monoisotopic (exact) mass is 432 g/mol. The second-order valence-electron chi connectivity index (χ2n) is 6.15. The van der Waals surface area contributed by atoms with Crippen molar-refractivity contribution < 1.29 is 9.53 Å². The van der Waals surface area contributed by atoms with Crippen LogP contribution in [0.1, 0.15) is 16.8 Å². The number of carbonyl (C=O) groups is 1. The van der Waals surface area contributed by atoms with Gasteiger partial charge in [-0.05, 0) is 41.8 Å². The Kier molecular flexibility index (Phi) is 7.77. The van der Waals surface area contributed by atoms with Crippen molar-refractivity contribution in [2.45, 2.75) is 22.9 Å². The zero-order chi connectivity index (χ0) is 19.8. The number of aromatic nitrogens is 1. The van der Waals surface area contributed by atoms with Crippen molar-refractivity contribution in [2.75, 3.05) is 13.7 Å². The lowest BCUT2D eigenvalue weighted by Gasteiger charge is -2.06. The van der Waals surface area contributed by atoms with Crippen LogP contribution in [0, 0.1) is 0 Å². The summed E-state index contributed by atoms with van der Waals surface area (Å²) in [4.78, 5) is 16.7. The Hall–Kier alpha value is -2.02. The first kappa shape index (κ1) is 20.7. The smallest absolute Gasteiger partial charge is 0.226 e. The molecule has 146 valence electrons. The summed E-state index contributed by atoms with van der Waals surface area (Å²) in [5.41, 5.74) is 3.09. The van der Waals surface area contributed by atoms with E-state index < -0.39 is 0 Å². The van der Waals surface area contributed by atoms with Crippen LogP contribution >= 0.6 is 34.7 Å². The molecule has 0 bridgehead atoms. The molecule has 1 N–H and O–H groups in total. The van der Waals surface area contributed by atoms with Crippen molar-refractivity contribution in [3.05, 3.63) is 75.8 Å². The van der Waals surface area contributed by atoms with Crippen LogP contribution in [0.15, 0.2) is 58.3 Å². The standard InChI is InChI=1S/C21H21ClN2O2S2/c1-26-19-7-3-4-15(11-19)8-9-23-20(25)12-18-14-28-21(24-18)27-13-16-5-2-6-17(22)10-16/h2-7,10-11,14H,8-9,12-13H2,1H3,(H,23,25). The number of methoxy groups -OCH3 is 1. The average Bonchev–Trinajstić information content (AvgIpc) is 3.14. The summed E-state index contributed by atoms with van der Waals surface area (Å²) < 4.78 is 6.17. The summed E-state index contributed by atoms with van der Waals surface area (Å²) in [5.74, 6) is 1.62. The fourth-order valence-electron chi connectivity index (χ4n) is 2.61. The number of thioether (sulfide) groups is 1. The molecule has 0 fully saturated rings. The number of nitrogens with one attached hydrogen (secondary N) is 1. The van der Waals surface area contributed by atoms with Gasteiger partial charge in [-0.2, -0.15) is 0 Å². The Balaban J connectivity index is 1.42. The first-order valence-corrected chi connectivity index (χ1v) is 11.1. The van der Waals surface area contributed by atoms with E-state index in [1.165, 1.54) is 0 Å². The number of hydrogen-bond acceptors (Lipinski definition) is 5. The maximum absolute atomic E-state index is 12.2. The van der Waals surface area contributed by atoms with Crippen LogP contribution < -0.4 is 10.1 Å². The van der Waals surface area contributed by atoms with Gasteiger partial charge in [0.15, 0.2) is 0 Å². The third-order valence-electron chi connectivity index (χ3n) is 3.99. The molecule has 3 aromatic rings. The van der Waals surface area contributed by atoms with E-state index in [0.29, 0.717) is 13.0 Å². The number of ether oxygens (including phenoxy) is 1. The number of halogens is 1. The zero-order valence-electron chi connectivity index (χ0n) is 15.5.